The van der Waals surface area contributed by atoms with Crippen LogP contribution in [0.3, 0.4) is 0 Å². The van der Waals surface area contributed by atoms with Gasteiger partial charge >= 0.3 is 5.97 Å². The lowest BCUT2D eigenvalue weighted by Crippen LogP contribution is -2.11. The van der Waals surface area contributed by atoms with Gasteiger partial charge in [-0.3, -0.25) is 0 Å². The molecule has 0 aliphatic carbocycles. The van der Waals surface area contributed by atoms with E-state index in [1.807, 2.05) is 20.8 Å². The Morgan fingerprint density at radius 3 is 2.35 bits per heavy atom. The van der Waals surface area contributed by atoms with E-state index in [0.29, 0.717) is 12.3 Å². The Balaban J connectivity index is 3.06. The van der Waals surface area contributed by atoms with Crippen LogP contribution in [0.5, 0.6) is 0 Å². The molecule has 1 N–H and O–H groups in total. The standard InChI is InChI=1S/C14H23NO2/c1-7-17-13(16)12-9(2)11(10(3)15-12)8-14(4,5)6/h15H,7-8H2,1-6H3. The van der Waals surface area contributed by atoms with E-state index in [0.717, 1.165) is 17.7 Å². The lowest BCUT2D eigenvalue weighted by Gasteiger charge is -2.18. The van der Waals surface area contributed by atoms with Crippen LogP contribution in [-0.4, -0.2) is 17.6 Å². The van der Waals surface area contributed by atoms with E-state index < -0.39 is 0 Å². The van der Waals surface area contributed by atoms with Crippen molar-refractivity contribution in [1.82, 2.24) is 4.98 Å². The minimum absolute atomic E-state index is 0.212. The molecule has 1 aromatic heterocycles. The predicted molar refractivity (Wildman–Crippen MR) is 69.4 cm³/mol. The number of carbonyl (C=O) groups excluding carboxylic acids is 1. The summed E-state index contributed by atoms with van der Waals surface area (Å²) in [4.78, 5) is 14.9. The summed E-state index contributed by atoms with van der Waals surface area (Å²) in [6.45, 7) is 12.8. The van der Waals surface area contributed by atoms with Crippen molar-refractivity contribution in [2.24, 2.45) is 5.41 Å². The third kappa shape index (κ3) is 3.35. The van der Waals surface area contributed by atoms with Gasteiger partial charge in [-0.25, -0.2) is 4.79 Å². The number of aromatic nitrogens is 1. The molecule has 0 saturated heterocycles. The Bertz CT molecular complexity index is 411. The van der Waals surface area contributed by atoms with Crippen LogP contribution in [0.15, 0.2) is 0 Å². The van der Waals surface area contributed by atoms with Crippen molar-refractivity contribution in [3.05, 3.63) is 22.5 Å². The Morgan fingerprint density at radius 1 is 1.29 bits per heavy atom. The van der Waals surface area contributed by atoms with E-state index in [2.05, 4.69) is 25.8 Å². The second-order valence-corrected chi connectivity index (χ2v) is 5.69. The number of rotatable bonds is 3. The summed E-state index contributed by atoms with van der Waals surface area (Å²) in [5.41, 5.74) is 4.14. The molecule has 0 aliphatic heterocycles. The molecule has 0 saturated carbocycles. The van der Waals surface area contributed by atoms with Gasteiger partial charge in [0.2, 0.25) is 0 Å². The molecule has 0 spiro atoms. The maximum Gasteiger partial charge on any atom is 0.355 e. The number of aromatic amines is 1. The first kappa shape index (κ1) is 13.8. The van der Waals surface area contributed by atoms with Gasteiger partial charge in [0.15, 0.2) is 0 Å². The molecule has 0 unspecified atom stereocenters. The summed E-state index contributed by atoms with van der Waals surface area (Å²) >= 11 is 0. The van der Waals surface area contributed by atoms with E-state index in [9.17, 15) is 4.79 Å². The Labute approximate surface area is 104 Å². The van der Waals surface area contributed by atoms with Gasteiger partial charge in [0.1, 0.15) is 5.69 Å². The molecule has 96 valence electrons. The second kappa shape index (κ2) is 4.94. The normalized spacial score (nSPS) is 11.6. The summed E-state index contributed by atoms with van der Waals surface area (Å²) in [6, 6.07) is 0. The summed E-state index contributed by atoms with van der Waals surface area (Å²) in [5, 5.41) is 0. The molecule has 0 fully saturated rings. The third-order valence-electron chi connectivity index (χ3n) is 2.78. The molecule has 0 aliphatic rings. The molecule has 0 aromatic carbocycles. The average molecular weight is 237 g/mol. The molecule has 1 aromatic rings. The number of hydrogen-bond acceptors (Lipinski definition) is 2. The monoisotopic (exact) mass is 237 g/mol. The van der Waals surface area contributed by atoms with Crippen LogP contribution >= 0.6 is 0 Å². The van der Waals surface area contributed by atoms with E-state index >= 15 is 0 Å². The molecule has 1 rings (SSSR count). The molecule has 0 bridgehead atoms. The van der Waals surface area contributed by atoms with Gasteiger partial charge in [0, 0.05) is 5.69 Å². The third-order valence-corrected chi connectivity index (χ3v) is 2.78. The van der Waals surface area contributed by atoms with E-state index in [-0.39, 0.29) is 11.4 Å². The first-order chi connectivity index (χ1) is 7.76. The van der Waals surface area contributed by atoms with E-state index in [1.54, 1.807) is 0 Å². The SMILES string of the molecule is CCOC(=O)c1[nH]c(C)c(CC(C)(C)C)c1C. The minimum atomic E-state index is -0.256. The fraction of sp³-hybridized carbons (Fsp3) is 0.643. The number of H-pyrrole nitrogens is 1. The van der Waals surface area contributed by atoms with Gasteiger partial charge in [0.05, 0.1) is 6.61 Å². The van der Waals surface area contributed by atoms with Crippen LogP contribution in [0.25, 0.3) is 0 Å². The fourth-order valence-corrected chi connectivity index (χ4v) is 1.99. The average Bonchev–Trinajstić information content (AvgIpc) is 2.44. The van der Waals surface area contributed by atoms with Crippen molar-refractivity contribution < 1.29 is 9.53 Å². The molecule has 1 heterocycles. The minimum Gasteiger partial charge on any atom is -0.461 e. The van der Waals surface area contributed by atoms with Gasteiger partial charge in [-0.1, -0.05) is 20.8 Å². The molecule has 0 atom stereocenters. The van der Waals surface area contributed by atoms with Crippen molar-refractivity contribution in [3.63, 3.8) is 0 Å². The molecule has 17 heavy (non-hydrogen) atoms. The fourth-order valence-electron chi connectivity index (χ4n) is 1.99. The van der Waals surface area contributed by atoms with Crippen molar-refractivity contribution in [3.8, 4) is 0 Å². The maximum absolute atomic E-state index is 11.7. The highest BCUT2D eigenvalue weighted by molar-refractivity contribution is 5.89. The van der Waals surface area contributed by atoms with Crippen LogP contribution < -0.4 is 0 Å². The molecular formula is C14H23NO2. The van der Waals surface area contributed by atoms with Gasteiger partial charge in [-0.05, 0) is 43.7 Å². The van der Waals surface area contributed by atoms with Crippen molar-refractivity contribution in [1.29, 1.82) is 0 Å². The maximum atomic E-state index is 11.7. The molecule has 0 radical (unpaired) electrons. The second-order valence-electron chi connectivity index (χ2n) is 5.69. The molecule has 3 nitrogen and oxygen atoms in total. The Morgan fingerprint density at radius 2 is 1.88 bits per heavy atom. The first-order valence-electron chi connectivity index (χ1n) is 6.11. The highest BCUT2D eigenvalue weighted by Gasteiger charge is 2.21. The van der Waals surface area contributed by atoms with Crippen molar-refractivity contribution in [2.45, 2.75) is 48.0 Å². The first-order valence-corrected chi connectivity index (χ1v) is 6.11. The molecule has 3 heteroatoms. The van der Waals surface area contributed by atoms with Crippen LogP contribution in [0.1, 0.15) is 55.0 Å². The van der Waals surface area contributed by atoms with Crippen LogP contribution in [0, 0.1) is 19.3 Å². The Kier molecular flexibility index (Phi) is 4.02. The number of aryl methyl sites for hydroxylation is 1. The lowest BCUT2D eigenvalue weighted by atomic mass is 9.86. The summed E-state index contributed by atoms with van der Waals surface area (Å²) in [5.74, 6) is -0.256. The summed E-state index contributed by atoms with van der Waals surface area (Å²) < 4.78 is 5.04. The topological polar surface area (TPSA) is 42.1 Å². The predicted octanol–water partition coefficient (Wildman–Crippen LogP) is 3.40. The zero-order valence-corrected chi connectivity index (χ0v) is 11.7. The smallest absolute Gasteiger partial charge is 0.355 e. The largest absolute Gasteiger partial charge is 0.461 e. The van der Waals surface area contributed by atoms with Crippen LogP contribution in [0.2, 0.25) is 0 Å². The van der Waals surface area contributed by atoms with Gasteiger partial charge < -0.3 is 9.72 Å². The van der Waals surface area contributed by atoms with Gasteiger partial charge in [0.25, 0.3) is 0 Å². The van der Waals surface area contributed by atoms with E-state index in [4.69, 9.17) is 4.74 Å². The molecular weight excluding hydrogens is 214 g/mol. The highest BCUT2D eigenvalue weighted by Crippen LogP contribution is 2.27. The number of nitrogens with one attached hydrogen (secondary N) is 1. The Hall–Kier alpha value is -1.25. The van der Waals surface area contributed by atoms with Crippen molar-refractivity contribution >= 4 is 5.97 Å². The number of carbonyl (C=O) groups is 1. The number of esters is 1. The van der Waals surface area contributed by atoms with E-state index in [1.165, 1.54) is 5.56 Å². The zero-order valence-electron chi connectivity index (χ0n) is 11.7. The van der Waals surface area contributed by atoms with Crippen molar-refractivity contribution in [2.75, 3.05) is 6.61 Å². The number of hydrogen-bond donors (Lipinski definition) is 1. The lowest BCUT2D eigenvalue weighted by molar-refractivity contribution is 0.0519. The summed E-state index contributed by atoms with van der Waals surface area (Å²) in [7, 11) is 0. The van der Waals surface area contributed by atoms with Crippen LogP contribution in [-0.2, 0) is 11.2 Å². The van der Waals surface area contributed by atoms with Gasteiger partial charge in [-0.15, -0.1) is 0 Å². The van der Waals surface area contributed by atoms with Gasteiger partial charge in [-0.2, -0.15) is 0 Å². The van der Waals surface area contributed by atoms with Crippen LogP contribution in [0.4, 0.5) is 0 Å². The summed E-state index contributed by atoms with van der Waals surface area (Å²) in [6.07, 6.45) is 0.959. The molecule has 0 amide bonds. The quantitative estimate of drug-likeness (QED) is 0.819. The highest BCUT2D eigenvalue weighted by atomic mass is 16.5. The number of ether oxygens (including phenoxy) is 1. The zero-order chi connectivity index (χ0) is 13.2.